The van der Waals surface area contributed by atoms with Gasteiger partial charge in [-0.3, -0.25) is 4.79 Å². The molecule has 0 aliphatic carbocycles. The topological polar surface area (TPSA) is 47.6 Å². The average Bonchev–Trinajstić information content (AvgIpc) is 2.92. The highest BCUT2D eigenvalue weighted by Crippen LogP contribution is 2.11. The molecular weight excluding hydrogens is 238 g/mol. The van der Waals surface area contributed by atoms with Gasteiger partial charge >= 0.3 is 0 Å². The Kier molecular flexibility index (Phi) is 4.53. The van der Waals surface area contributed by atoms with Crippen molar-refractivity contribution in [1.82, 2.24) is 5.32 Å². The number of rotatable bonds is 5. The van der Waals surface area contributed by atoms with Crippen LogP contribution in [0.1, 0.15) is 12.5 Å². The first-order chi connectivity index (χ1) is 8.29. The van der Waals surface area contributed by atoms with E-state index in [4.69, 9.17) is 9.47 Å². The van der Waals surface area contributed by atoms with Crippen molar-refractivity contribution >= 4 is 17.2 Å². The molecule has 1 aromatic rings. The van der Waals surface area contributed by atoms with Gasteiger partial charge in [-0.2, -0.15) is 11.3 Å². The summed E-state index contributed by atoms with van der Waals surface area (Å²) in [6.07, 6.45) is 0.421. The van der Waals surface area contributed by atoms with E-state index in [2.05, 4.69) is 5.32 Å². The third-order valence-corrected chi connectivity index (χ3v) is 3.43. The molecule has 5 heteroatoms. The van der Waals surface area contributed by atoms with Crippen LogP contribution in [0.15, 0.2) is 16.8 Å². The van der Waals surface area contributed by atoms with Crippen LogP contribution in [0.4, 0.5) is 0 Å². The molecule has 1 fully saturated rings. The van der Waals surface area contributed by atoms with Crippen molar-refractivity contribution in [3.8, 4) is 0 Å². The van der Waals surface area contributed by atoms with Crippen LogP contribution in [0.3, 0.4) is 0 Å². The van der Waals surface area contributed by atoms with Crippen LogP contribution in [-0.2, 0) is 20.7 Å². The van der Waals surface area contributed by atoms with Crippen LogP contribution in [0.5, 0.6) is 0 Å². The first kappa shape index (κ1) is 12.5. The Balaban J connectivity index is 1.81. The Morgan fingerprint density at radius 1 is 1.65 bits per heavy atom. The maximum Gasteiger partial charge on any atom is 0.224 e. The lowest BCUT2D eigenvalue weighted by Crippen LogP contribution is -2.44. The summed E-state index contributed by atoms with van der Waals surface area (Å²) in [4.78, 5) is 11.8. The summed E-state index contributed by atoms with van der Waals surface area (Å²) in [5.41, 5.74) is 1.05. The molecule has 17 heavy (non-hydrogen) atoms. The summed E-state index contributed by atoms with van der Waals surface area (Å²) in [5.74, 6) is 0.0311. The highest BCUT2D eigenvalue weighted by molar-refractivity contribution is 7.07. The van der Waals surface area contributed by atoms with Crippen LogP contribution in [-0.4, -0.2) is 37.9 Å². The van der Waals surface area contributed by atoms with Gasteiger partial charge in [-0.15, -0.1) is 0 Å². The molecule has 1 aliphatic heterocycles. The van der Waals surface area contributed by atoms with Gasteiger partial charge in [0.1, 0.15) is 6.10 Å². The van der Waals surface area contributed by atoms with Crippen LogP contribution in [0.2, 0.25) is 0 Å². The van der Waals surface area contributed by atoms with Crippen molar-refractivity contribution in [1.29, 1.82) is 0 Å². The molecule has 0 spiro atoms. The van der Waals surface area contributed by atoms with Crippen molar-refractivity contribution in [2.75, 3.05) is 19.8 Å². The van der Waals surface area contributed by atoms with E-state index in [1.165, 1.54) is 0 Å². The van der Waals surface area contributed by atoms with E-state index in [0.29, 0.717) is 26.2 Å². The van der Waals surface area contributed by atoms with Gasteiger partial charge < -0.3 is 14.8 Å². The van der Waals surface area contributed by atoms with Crippen molar-refractivity contribution in [2.24, 2.45) is 0 Å². The zero-order valence-corrected chi connectivity index (χ0v) is 10.7. The van der Waals surface area contributed by atoms with Crippen molar-refractivity contribution in [3.63, 3.8) is 0 Å². The SMILES string of the molecule is CCO[C@H]1COC[C@@H]1NC(=O)Cc1ccsc1. The zero-order valence-electron chi connectivity index (χ0n) is 9.85. The van der Waals surface area contributed by atoms with Gasteiger partial charge in [0, 0.05) is 6.61 Å². The molecule has 1 saturated heterocycles. The fourth-order valence-electron chi connectivity index (χ4n) is 1.88. The lowest BCUT2D eigenvalue weighted by molar-refractivity contribution is -0.121. The second-order valence-corrected chi connectivity index (χ2v) is 4.79. The minimum absolute atomic E-state index is 0.00794. The molecule has 2 heterocycles. The highest BCUT2D eigenvalue weighted by atomic mass is 32.1. The smallest absolute Gasteiger partial charge is 0.224 e. The van der Waals surface area contributed by atoms with Crippen LogP contribution in [0, 0.1) is 0 Å². The summed E-state index contributed by atoms with van der Waals surface area (Å²) < 4.78 is 10.8. The van der Waals surface area contributed by atoms with Crippen molar-refractivity contribution in [2.45, 2.75) is 25.5 Å². The standard InChI is InChI=1S/C12H17NO3S/c1-2-16-11-7-15-6-10(11)13-12(14)5-9-3-4-17-8-9/h3-4,8,10-11H,2,5-7H2,1H3,(H,13,14)/t10-,11-/m0/s1. The molecule has 2 atom stereocenters. The molecule has 0 unspecified atom stereocenters. The average molecular weight is 255 g/mol. The van der Waals surface area contributed by atoms with Gasteiger partial charge in [0.25, 0.3) is 0 Å². The zero-order chi connectivity index (χ0) is 12.1. The fourth-order valence-corrected chi connectivity index (χ4v) is 2.55. The van der Waals surface area contributed by atoms with Gasteiger partial charge in [-0.1, -0.05) is 0 Å². The molecule has 0 saturated carbocycles. The Morgan fingerprint density at radius 2 is 2.53 bits per heavy atom. The minimum Gasteiger partial charge on any atom is -0.376 e. The Morgan fingerprint density at radius 3 is 3.24 bits per heavy atom. The van der Waals surface area contributed by atoms with E-state index in [0.717, 1.165) is 5.56 Å². The second-order valence-electron chi connectivity index (χ2n) is 4.01. The predicted octanol–water partition coefficient (Wildman–Crippen LogP) is 1.21. The van der Waals surface area contributed by atoms with E-state index in [9.17, 15) is 4.79 Å². The van der Waals surface area contributed by atoms with Crippen LogP contribution >= 0.6 is 11.3 Å². The first-order valence-corrected chi connectivity index (χ1v) is 6.73. The summed E-state index contributed by atoms with van der Waals surface area (Å²) in [6.45, 7) is 3.70. The van der Waals surface area contributed by atoms with Gasteiger partial charge in [0.2, 0.25) is 5.91 Å². The van der Waals surface area contributed by atoms with Gasteiger partial charge in [-0.05, 0) is 29.3 Å². The van der Waals surface area contributed by atoms with E-state index in [1.54, 1.807) is 11.3 Å². The monoisotopic (exact) mass is 255 g/mol. The molecule has 2 rings (SSSR count). The second kappa shape index (κ2) is 6.14. The van der Waals surface area contributed by atoms with E-state index in [1.807, 2.05) is 23.8 Å². The van der Waals surface area contributed by atoms with Crippen LogP contribution in [0.25, 0.3) is 0 Å². The number of carbonyl (C=O) groups excluding carboxylic acids is 1. The molecule has 0 aromatic carbocycles. The normalized spacial score (nSPS) is 23.8. The molecule has 1 aliphatic rings. The lowest BCUT2D eigenvalue weighted by Gasteiger charge is -2.18. The molecule has 0 bridgehead atoms. The summed E-state index contributed by atoms with van der Waals surface area (Å²) in [6, 6.07) is 1.95. The minimum atomic E-state index is -0.0129. The number of ether oxygens (including phenoxy) is 2. The van der Waals surface area contributed by atoms with Gasteiger partial charge in [0.05, 0.1) is 25.7 Å². The molecule has 94 valence electrons. The Bertz CT molecular complexity index is 353. The maximum atomic E-state index is 11.8. The molecule has 4 nitrogen and oxygen atoms in total. The van der Waals surface area contributed by atoms with Crippen LogP contribution < -0.4 is 5.32 Å². The quantitative estimate of drug-likeness (QED) is 0.860. The predicted molar refractivity (Wildman–Crippen MR) is 66.2 cm³/mol. The molecule has 1 aromatic heterocycles. The van der Waals surface area contributed by atoms with E-state index in [-0.39, 0.29) is 18.1 Å². The fraction of sp³-hybridized carbons (Fsp3) is 0.583. The first-order valence-electron chi connectivity index (χ1n) is 5.79. The molecular formula is C12H17NO3S. The lowest BCUT2D eigenvalue weighted by atomic mass is 10.2. The van der Waals surface area contributed by atoms with E-state index < -0.39 is 0 Å². The third kappa shape index (κ3) is 3.52. The number of thiophene rings is 1. The van der Waals surface area contributed by atoms with E-state index >= 15 is 0 Å². The summed E-state index contributed by atoms with van der Waals surface area (Å²) >= 11 is 1.60. The molecule has 0 radical (unpaired) electrons. The summed E-state index contributed by atoms with van der Waals surface area (Å²) in [7, 11) is 0. The van der Waals surface area contributed by atoms with Crippen molar-refractivity contribution in [3.05, 3.63) is 22.4 Å². The number of carbonyl (C=O) groups is 1. The third-order valence-electron chi connectivity index (χ3n) is 2.70. The van der Waals surface area contributed by atoms with Crippen molar-refractivity contribution < 1.29 is 14.3 Å². The van der Waals surface area contributed by atoms with Gasteiger partial charge in [0.15, 0.2) is 0 Å². The number of amides is 1. The molecule has 1 amide bonds. The van der Waals surface area contributed by atoms with Gasteiger partial charge in [-0.25, -0.2) is 0 Å². The number of hydrogen-bond acceptors (Lipinski definition) is 4. The Labute approximate surface area is 105 Å². The summed E-state index contributed by atoms with van der Waals surface area (Å²) in [5, 5.41) is 6.94. The Hall–Kier alpha value is -0.910. The largest absolute Gasteiger partial charge is 0.376 e. The number of hydrogen-bond donors (Lipinski definition) is 1. The molecule has 1 N–H and O–H groups in total. The maximum absolute atomic E-state index is 11.8. The number of nitrogens with one attached hydrogen (secondary N) is 1. The highest BCUT2D eigenvalue weighted by Gasteiger charge is 2.29.